The van der Waals surface area contributed by atoms with Crippen LogP contribution in [0.4, 0.5) is 20.6 Å². The molecule has 1 unspecified atom stereocenters. The van der Waals surface area contributed by atoms with E-state index in [-0.39, 0.29) is 16.8 Å². The van der Waals surface area contributed by atoms with Gasteiger partial charge in [-0.2, -0.15) is 0 Å². The van der Waals surface area contributed by atoms with Crippen molar-refractivity contribution in [3.05, 3.63) is 58.9 Å². The zero-order chi connectivity index (χ0) is 15.4. The van der Waals surface area contributed by atoms with Crippen molar-refractivity contribution in [2.24, 2.45) is 5.73 Å². The average molecular weight is 308 g/mol. The molecule has 2 amide bonds. The lowest BCUT2D eigenvalue weighted by Crippen LogP contribution is -2.19. The van der Waals surface area contributed by atoms with Crippen LogP contribution < -0.4 is 16.4 Å². The van der Waals surface area contributed by atoms with Crippen LogP contribution in [0.2, 0.25) is 5.02 Å². The van der Waals surface area contributed by atoms with E-state index in [4.69, 9.17) is 17.3 Å². The monoisotopic (exact) mass is 307 g/mol. The summed E-state index contributed by atoms with van der Waals surface area (Å²) in [6, 6.07) is 10.4. The van der Waals surface area contributed by atoms with Crippen molar-refractivity contribution in [1.82, 2.24) is 0 Å². The van der Waals surface area contributed by atoms with E-state index in [0.717, 1.165) is 11.6 Å². The van der Waals surface area contributed by atoms with Crippen LogP contribution in [0.25, 0.3) is 0 Å². The van der Waals surface area contributed by atoms with Gasteiger partial charge < -0.3 is 16.4 Å². The molecule has 2 rings (SSSR count). The topological polar surface area (TPSA) is 67.1 Å². The Balaban J connectivity index is 2.01. The maximum Gasteiger partial charge on any atom is 0.323 e. The smallest absolute Gasteiger partial charge is 0.323 e. The number of amides is 2. The fourth-order valence-electron chi connectivity index (χ4n) is 1.79. The molecule has 2 aromatic rings. The standard InChI is InChI=1S/C15H15ClFN3O/c1-9(18)10-2-4-13(5-3-10)19-15(21)20-14-7-11(16)6-12(17)8-14/h2-9H,18H2,1H3,(H2,19,20,21). The van der Waals surface area contributed by atoms with Crippen LogP contribution >= 0.6 is 11.6 Å². The zero-order valence-electron chi connectivity index (χ0n) is 11.4. The lowest BCUT2D eigenvalue weighted by atomic mass is 10.1. The Morgan fingerprint density at radius 2 is 1.76 bits per heavy atom. The molecule has 0 aliphatic heterocycles. The van der Waals surface area contributed by atoms with Crippen LogP contribution in [-0.2, 0) is 0 Å². The van der Waals surface area contributed by atoms with Gasteiger partial charge in [0.25, 0.3) is 0 Å². The van der Waals surface area contributed by atoms with Crippen LogP contribution in [0.3, 0.4) is 0 Å². The van der Waals surface area contributed by atoms with Crippen LogP contribution in [0.5, 0.6) is 0 Å². The highest BCUT2D eigenvalue weighted by Gasteiger charge is 2.06. The summed E-state index contributed by atoms with van der Waals surface area (Å²) < 4.78 is 13.2. The van der Waals surface area contributed by atoms with Gasteiger partial charge in [0, 0.05) is 22.4 Å². The molecule has 0 fully saturated rings. The quantitative estimate of drug-likeness (QED) is 0.797. The highest BCUT2D eigenvalue weighted by atomic mass is 35.5. The van der Waals surface area contributed by atoms with Crippen molar-refractivity contribution in [3.8, 4) is 0 Å². The molecule has 0 spiro atoms. The Kier molecular flexibility index (Phi) is 4.77. The molecule has 0 bridgehead atoms. The second-order valence-electron chi connectivity index (χ2n) is 4.65. The van der Waals surface area contributed by atoms with Gasteiger partial charge in [0.1, 0.15) is 5.82 Å². The minimum absolute atomic E-state index is 0.0673. The molecular weight excluding hydrogens is 293 g/mol. The number of carbonyl (C=O) groups excluding carboxylic acids is 1. The third-order valence-corrected chi connectivity index (χ3v) is 3.03. The van der Waals surface area contributed by atoms with Gasteiger partial charge in [-0.1, -0.05) is 23.7 Å². The Hall–Kier alpha value is -2.11. The average Bonchev–Trinajstić information content (AvgIpc) is 2.37. The molecule has 0 aliphatic rings. The maximum atomic E-state index is 13.2. The van der Waals surface area contributed by atoms with E-state index in [0.29, 0.717) is 5.69 Å². The van der Waals surface area contributed by atoms with Gasteiger partial charge in [0.05, 0.1) is 0 Å². The molecule has 4 nitrogen and oxygen atoms in total. The fourth-order valence-corrected chi connectivity index (χ4v) is 2.01. The van der Waals surface area contributed by atoms with Gasteiger partial charge in [-0.25, -0.2) is 9.18 Å². The van der Waals surface area contributed by atoms with Gasteiger partial charge in [0.15, 0.2) is 0 Å². The normalized spacial score (nSPS) is 11.8. The SMILES string of the molecule is CC(N)c1ccc(NC(=O)Nc2cc(F)cc(Cl)c2)cc1. The molecule has 0 aromatic heterocycles. The predicted molar refractivity (Wildman–Crippen MR) is 83.1 cm³/mol. The molecule has 0 saturated carbocycles. The molecule has 1 atom stereocenters. The summed E-state index contributed by atoms with van der Waals surface area (Å²) in [6.07, 6.45) is 0. The summed E-state index contributed by atoms with van der Waals surface area (Å²) in [5.74, 6) is -0.515. The fraction of sp³-hybridized carbons (Fsp3) is 0.133. The molecular formula is C15H15ClFN3O. The lowest BCUT2D eigenvalue weighted by molar-refractivity contribution is 0.262. The number of halogens is 2. The van der Waals surface area contributed by atoms with E-state index in [1.54, 1.807) is 12.1 Å². The predicted octanol–water partition coefficient (Wildman–Crippen LogP) is 4.14. The lowest BCUT2D eigenvalue weighted by Gasteiger charge is -2.10. The van der Waals surface area contributed by atoms with Gasteiger partial charge in [-0.3, -0.25) is 0 Å². The second kappa shape index (κ2) is 6.56. The number of carbonyl (C=O) groups is 1. The third-order valence-electron chi connectivity index (χ3n) is 2.81. The first-order valence-electron chi connectivity index (χ1n) is 6.33. The molecule has 21 heavy (non-hydrogen) atoms. The molecule has 0 radical (unpaired) electrons. The number of rotatable bonds is 3. The van der Waals surface area contributed by atoms with Crippen molar-refractivity contribution in [2.75, 3.05) is 10.6 Å². The van der Waals surface area contributed by atoms with Crippen molar-refractivity contribution in [2.45, 2.75) is 13.0 Å². The van der Waals surface area contributed by atoms with Crippen molar-refractivity contribution in [3.63, 3.8) is 0 Å². The third kappa shape index (κ3) is 4.44. The number of hydrogen-bond acceptors (Lipinski definition) is 2. The van der Waals surface area contributed by atoms with E-state index in [1.807, 2.05) is 19.1 Å². The summed E-state index contributed by atoms with van der Waals surface area (Å²) in [5, 5.41) is 5.36. The Labute approximate surface area is 127 Å². The second-order valence-corrected chi connectivity index (χ2v) is 5.08. The summed E-state index contributed by atoms with van der Waals surface area (Å²) >= 11 is 5.72. The minimum atomic E-state index is -0.515. The summed E-state index contributed by atoms with van der Waals surface area (Å²) in [6.45, 7) is 1.88. The number of hydrogen-bond donors (Lipinski definition) is 3. The molecule has 2 aromatic carbocycles. The Morgan fingerprint density at radius 3 is 2.33 bits per heavy atom. The van der Waals surface area contributed by atoms with Crippen LogP contribution in [0.1, 0.15) is 18.5 Å². The highest BCUT2D eigenvalue weighted by Crippen LogP contribution is 2.19. The number of benzene rings is 2. The minimum Gasteiger partial charge on any atom is -0.324 e. The summed E-state index contributed by atoms with van der Waals surface area (Å²) in [4.78, 5) is 11.8. The number of urea groups is 1. The maximum absolute atomic E-state index is 13.2. The summed E-state index contributed by atoms with van der Waals surface area (Å²) in [7, 11) is 0. The largest absolute Gasteiger partial charge is 0.324 e. The first-order chi connectivity index (χ1) is 9.94. The first-order valence-corrected chi connectivity index (χ1v) is 6.71. The Bertz CT molecular complexity index is 624. The first kappa shape index (κ1) is 15.3. The zero-order valence-corrected chi connectivity index (χ0v) is 12.1. The van der Waals surface area contributed by atoms with Gasteiger partial charge >= 0.3 is 6.03 Å². The number of anilines is 2. The molecule has 0 heterocycles. The number of nitrogens with one attached hydrogen (secondary N) is 2. The Morgan fingerprint density at radius 1 is 1.14 bits per heavy atom. The van der Waals surface area contributed by atoms with Gasteiger partial charge in [-0.15, -0.1) is 0 Å². The summed E-state index contributed by atoms with van der Waals surface area (Å²) in [5.41, 5.74) is 7.61. The molecule has 0 aliphatic carbocycles. The van der Waals surface area contributed by atoms with E-state index in [2.05, 4.69) is 10.6 Å². The van der Waals surface area contributed by atoms with Crippen molar-refractivity contribution in [1.29, 1.82) is 0 Å². The molecule has 4 N–H and O–H groups in total. The van der Waals surface area contributed by atoms with E-state index >= 15 is 0 Å². The number of nitrogens with two attached hydrogens (primary N) is 1. The van der Waals surface area contributed by atoms with E-state index in [1.165, 1.54) is 12.1 Å². The van der Waals surface area contributed by atoms with E-state index < -0.39 is 11.8 Å². The van der Waals surface area contributed by atoms with Crippen molar-refractivity contribution < 1.29 is 9.18 Å². The molecule has 110 valence electrons. The van der Waals surface area contributed by atoms with Gasteiger partial charge in [0.2, 0.25) is 0 Å². The van der Waals surface area contributed by atoms with Crippen LogP contribution in [-0.4, -0.2) is 6.03 Å². The van der Waals surface area contributed by atoms with Gasteiger partial charge in [-0.05, 0) is 42.8 Å². The van der Waals surface area contributed by atoms with Crippen LogP contribution in [0.15, 0.2) is 42.5 Å². The van der Waals surface area contributed by atoms with Crippen molar-refractivity contribution >= 4 is 29.0 Å². The van der Waals surface area contributed by atoms with E-state index in [9.17, 15) is 9.18 Å². The molecule has 0 saturated heterocycles. The highest BCUT2D eigenvalue weighted by molar-refractivity contribution is 6.30. The van der Waals surface area contributed by atoms with Crippen LogP contribution in [0, 0.1) is 5.82 Å². The molecule has 6 heteroatoms.